The van der Waals surface area contributed by atoms with Crippen LogP contribution in [-0.2, 0) is 6.42 Å². The molecule has 1 nitrogen and oxygen atoms in total. The quantitative estimate of drug-likeness (QED) is 0.626. The Morgan fingerprint density at radius 2 is 2.25 bits per heavy atom. The van der Waals surface area contributed by atoms with Crippen LogP contribution in [0, 0.1) is 5.82 Å². The van der Waals surface area contributed by atoms with Gasteiger partial charge in [0.2, 0.25) is 0 Å². The van der Waals surface area contributed by atoms with E-state index in [9.17, 15) is 9.50 Å². The molecule has 1 N–H and O–H groups in total. The first-order valence-corrected chi connectivity index (χ1v) is 4.24. The largest absolute Gasteiger partial charge is 0.388 e. The highest BCUT2D eigenvalue weighted by molar-refractivity contribution is 5.31. The summed E-state index contributed by atoms with van der Waals surface area (Å²) in [4.78, 5) is 0. The summed E-state index contributed by atoms with van der Waals surface area (Å²) in [5.41, 5.74) is 1.87. The van der Waals surface area contributed by atoms with Gasteiger partial charge in [-0.05, 0) is 42.5 Å². The highest BCUT2D eigenvalue weighted by atomic mass is 19.1. The van der Waals surface area contributed by atoms with Gasteiger partial charge in [0.05, 0.1) is 6.10 Å². The van der Waals surface area contributed by atoms with Crippen molar-refractivity contribution in [2.24, 2.45) is 0 Å². The SMILES string of the molecule is O[C@H]1CCCc2cc(F)ccc21. The van der Waals surface area contributed by atoms with Crippen molar-refractivity contribution in [3.63, 3.8) is 0 Å². The molecular weight excluding hydrogens is 155 g/mol. The van der Waals surface area contributed by atoms with Crippen molar-refractivity contribution in [2.75, 3.05) is 0 Å². The molecule has 0 spiro atoms. The second-order valence-corrected chi connectivity index (χ2v) is 3.25. The monoisotopic (exact) mass is 166 g/mol. The molecule has 0 bridgehead atoms. The number of halogens is 1. The zero-order valence-corrected chi connectivity index (χ0v) is 6.76. The zero-order valence-electron chi connectivity index (χ0n) is 6.76. The number of hydrogen-bond acceptors (Lipinski definition) is 1. The average molecular weight is 166 g/mol. The molecule has 0 fully saturated rings. The Morgan fingerprint density at radius 1 is 1.42 bits per heavy atom. The number of aliphatic hydroxyl groups excluding tert-OH is 1. The standard InChI is InChI=1S/C10H11FO/c11-8-4-5-9-7(6-8)2-1-3-10(9)12/h4-6,10,12H,1-3H2/t10-/m0/s1. The van der Waals surface area contributed by atoms with E-state index in [0.717, 1.165) is 30.4 Å². The number of hydrogen-bond donors (Lipinski definition) is 1. The van der Waals surface area contributed by atoms with Gasteiger partial charge in [0, 0.05) is 0 Å². The van der Waals surface area contributed by atoms with Gasteiger partial charge in [0.25, 0.3) is 0 Å². The Bertz CT molecular complexity index is 296. The fourth-order valence-electron chi connectivity index (χ4n) is 1.76. The molecule has 0 unspecified atom stereocenters. The Hall–Kier alpha value is -0.890. The van der Waals surface area contributed by atoms with Crippen LogP contribution in [0.1, 0.15) is 30.1 Å². The maximum atomic E-state index is 12.7. The molecule has 0 saturated heterocycles. The molecule has 0 aromatic heterocycles. The Labute approximate surface area is 70.8 Å². The number of aliphatic hydroxyl groups is 1. The second-order valence-electron chi connectivity index (χ2n) is 3.25. The van der Waals surface area contributed by atoms with E-state index >= 15 is 0 Å². The molecular formula is C10H11FO. The van der Waals surface area contributed by atoms with E-state index in [1.165, 1.54) is 12.1 Å². The molecule has 64 valence electrons. The summed E-state index contributed by atoms with van der Waals surface area (Å²) in [5, 5.41) is 9.53. The van der Waals surface area contributed by atoms with Crippen LogP contribution >= 0.6 is 0 Å². The minimum atomic E-state index is -0.380. The Morgan fingerprint density at radius 3 is 3.08 bits per heavy atom. The predicted molar refractivity (Wildman–Crippen MR) is 44.3 cm³/mol. The Kier molecular flexibility index (Phi) is 1.85. The highest BCUT2D eigenvalue weighted by Gasteiger charge is 2.17. The summed E-state index contributed by atoms with van der Waals surface area (Å²) < 4.78 is 12.7. The fraction of sp³-hybridized carbons (Fsp3) is 0.400. The van der Waals surface area contributed by atoms with Gasteiger partial charge in [-0.1, -0.05) is 6.07 Å². The summed E-state index contributed by atoms with van der Waals surface area (Å²) in [7, 11) is 0. The van der Waals surface area contributed by atoms with Gasteiger partial charge in [-0.3, -0.25) is 0 Å². The first-order chi connectivity index (χ1) is 5.77. The number of fused-ring (bicyclic) bond motifs is 1. The molecule has 1 aromatic carbocycles. The lowest BCUT2D eigenvalue weighted by molar-refractivity contribution is 0.156. The molecule has 0 aliphatic heterocycles. The number of benzene rings is 1. The van der Waals surface area contributed by atoms with Crippen molar-refractivity contribution in [3.8, 4) is 0 Å². The van der Waals surface area contributed by atoms with E-state index in [-0.39, 0.29) is 11.9 Å². The molecule has 2 rings (SSSR count). The molecule has 2 heteroatoms. The van der Waals surface area contributed by atoms with Crippen molar-refractivity contribution < 1.29 is 9.50 Å². The van der Waals surface area contributed by atoms with E-state index in [1.807, 2.05) is 0 Å². The molecule has 1 aliphatic carbocycles. The maximum Gasteiger partial charge on any atom is 0.123 e. The van der Waals surface area contributed by atoms with Gasteiger partial charge in [0.15, 0.2) is 0 Å². The van der Waals surface area contributed by atoms with Crippen LogP contribution in [0.15, 0.2) is 18.2 Å². The van der Waals surface area contributed by atoms with Crippen LogP contribution in [0.25, 0.3) is 0 Å². The first kappa shape index (κ1) is 7.74. The van der Waals surface area contributed by atoms with Crippen LogP contribution in [0.4, 0.5) is 4.39 Å². The third kappa shape index (κ3) is 1.23. The average Bonchev–Trinajstić information content (AvgIpc) is 2.04. The van der Waals surface area contributed by atoms with Crippen LogP contribution < -0.4 is 0 Å². The van der Waals surface area contributed by atoms with E-state index in [2.05, 4.69) is 0 Å². The summed E-state index contributed by atoms with van der Waals surface area (Å²) >= 11 is 0. The predicted octanol–water partition coefficient (Wildman–Crippen LogP) is 2.20. The molecule has 0 amide bonds. The van der Waals surface area contributed by atoms with Crippen molar-refractivity contribution in [1.82, 2.24) is 0 Å². The minimum Gasteiger partial charge on any atom is -0.388 e. The molecule has 1 aromatic rings. The van der Waals surface area contributed by atoms with Crippen molar-refractivity contribution in [3.05, 3.63) is 35.1 Å². The third-order valence-corrected chi connectivity index (χ3v) is 2.39. The van der Waals surface area contributed by atoms with E-state index in [4.69, 9.17) is 0 Å². The van der Waals surface area contributed by atoms with Gasteiger partial charge < -0.3 is 5.11 Å². The second kappa shape index (κ2) is 2.87. The van der Waals surface area contributed by atoms with E-state index < -0.39 is 0 Å². The van der Waals surface area contributed by atoms with Crippen LogP contribution in [-0.4, -0.2) is 5.11 Å². The van der Waals surface area contributed by atoms with Crippen LogP contribution in [0.2, 0.25) is 0 Å². The van der Waals surface area contributed by atoms with Crippen LogP contribution in [0.5, 0.6) is 0 Å². The number of aryl methyl sites for hydroxylation is 1. The van der Waals surface area contributed by atoms with E-state index in [0.29, 0.717) is 0 Å². The molecule has 0 radical (unpaired) electrons. The third-order valence-electron chi connectivity index (χ3n) is 2.39. The summed E-state index contributed by atoms with van der Waals surface area (Å²) in [6.07, 6.45) is 2.27. The maximum absolute atomic E-state index is 12.7. The highest BCUT2D eigenvalue weighted by Crippen LogP contribution is 2.29. The minimum absolute atomic E-state index is 0.206. The topological polar surface area (TPSA) is 20.2 Å². The zero-order chi connectivity index (χ0) is 8.55. The lowest BCUT2D eigenvalue weighted by Gasteiger charge is -2.20. The lowest BCUT2D eigenvalue weighted by atomic mass is 9.89. The fourth-order valence-corrected chi connectivity index (χ4v) is 1.76. The van der Waals surface area contributed by atoms with Gasteiger partial charge in [0.1, 0.15) is 5.82 Å². The van der Waals surface area contributed by atoms with Crippen molar-refractivity contribution in [1.29, 1.82) is 0 Å². The normalized spacial score (nSPS) is 22.0. The molecule has 1 aliphatic rings. The first-order valence-electron chi connectivity index (χ1n) is 4.24. The van der Waals surface area contributed by atoms with Gasteiger partial charge in [-0.25, -0.2) is 4.39 Å². The molecule has 0 heterocycles. The molecule has 12 heavy (non-hydrogen) atoms. The summed E-state index contributed by atoms with van der Waals surface area (Å²) in [6, 6.07) is 4.62. The number of rotatable bonds is 0. The van der Waals surface area contributed by atoms with Crippen molar-refractivity contribution >= 4 is 0 Å². The van der Waals surface area contributed by atoms with Crippen LogP contribution in [0.3, 0.4) is 0 Å². The van der Waals surface area contributed by atoms with Crippen molar-refractivity contribution in [2.45, 2.75) is 25.4 Å². The van der Waals surface area contributed by atoms with Gasteiger partial charge in [-0.2, -0.15) is 0 Å². The smallest absolute Gasteiger partial charge is 0.123 e. The van der Waals surface area contributed by atoms with E-state index in [1.54, 1.807) is 6.07 Å². The Balaban J connectivity index is 2.46. The summed E-state index contributed by atoms with van der Waals surface area (Å²) in [6.45, 7) is 0. The molecule has 0 saturated carbocycles. The molecule has 1 atom stereocenters. The van der Waals surface area contributed by atoms with Gasteiger partial charge >= 0.3 is 0 Å². The summed E-state index contributed by atoms with van der Waals surface area (Å²) in [5.74, 6) is -0.206. The van der Waals surface area contributed by atoms with Gasteiger partial charge in [-0.15, -0.1) is 0 Å². The lowest BCUT2D eigenvalue weighted by Crippen LogP contribution is -2.08.